The lowest BCUT2D eigenvalue weighted by Crippen LogP contribution is -2.69. The van der Waals surface area contributed by atoms with Crippen LogP contribution < -0.4 is 0 Å². The molecule has 5 fully saturated rings. The van der Waals surface area contributed by atoms with Crippen molar-refractivity contribution in [3.05, 3.63) is 47.5 Å². The second-order valence-corrected chi connectivity index (χ2v) is 15.5. The Morgan fingerprint density at radius 3 is 2.54 bits per heavy atom. The van der Waals surface area contributed by atoms with Crippen LogP contribution in [0.3, 0.4) is 0 Å². The van der Waals surface area contributed by atoms with Crippen LogP contribution in [0, 0.1) is 28.6 Å². The summed E-state index contributed by atoms with van der Waals surface area (Å²) in [5.41, 5.74) is -0.707. The Morgan fingerprint density at radius 1 is 1.02 bits per heavy atom. The second kappa shape index (κ2) is 12.1. The molecule has 4 aliphatic carbocycles. The van der Waals surface area contributed by atoms with Crippen molar-refractivity contribution in [2.45, 2.75) is 126 Å². The van der Waals surface area contributed by atoms with Gasteiger partial charge < -0.3 is 34.6 Å². The SMILES string of the molecule is C[C@H]1O[C@@H](O[C@H]2CC[C@]3(C=NCCc4ccccc4)[C@@H]4CC[C@]5(C)[C@H](C6=CC(=O)OC6)CC[C@]5(O)[C@H]4CC[C@@]3(O)C2)C[C@H](O)[C@H]1O. The lowest BCUT2D eigenvalue weighted by Gasteiger charge is -2.66. The van der Waals surface area contributed by atoms with Crippen LogP contribution in [0.4, 0.5) is 0 Å². The number of aliphatic hydroxyl groups excluding tert-OH is 2. The van der Waals surface area contributed by atoms with E-state index >= 15 is 0 Å². The second-order valence-electron chi connectivity index (χ2n) is 15.5. The van der Waals surface area contributed by atoms with Gasteiger partial charge in [0.25, 0.3) is 0 Å². The number of benzene rings is 1. The van der Waals surface area contributed by atoms with Gasteiger partial charge in [0.2, 0.25) is 0 Å². The number of rotatable bonds is 7. The highest BCUT2D eigenvalue weighted by atomic mass is 16.7. The molecule has 9 heteroatoms. The van der Waals surface area contributed by atoms with Crippen molar-refractivity contribution in [2.75, 3.05) is 13.2 Å². The topological polar surface area (TPSA) is 138 Å². The van der Waals surface area contributed by atoms with E-state index in [0.29, 0.717) is 51.7 Å². The largest absolute Gasteiger partial charge is 0.458 e. The molecule has 1 aromatic rings. The van der Waals surface area contributed by atoms with Crippen LogP contribution in [0.2, 0.25) is 0 Å². The Labute approximate surface area is 272 Å². The van der Waals surface area contributed by atoms with Crippen LogP contribution in [0.15, 0.2) is 47.0 Å². The van der Waals surface area contributed by atoms with E-state index in [1.165, 1.54) is 5.56 Å². The molecule has 6 aliphatic rings. The highest BCUT2D eigenvalue weighted by Crippen LogP contribution is 2.70. The third kappa shape index (κ3) is 5.21. The molecule has 0 radical (unpaired) electrons. The summed E-state index contributed by atoms with van der Waals surface area (Å²) in [6.07, 6.45) is 7.68. The standard InChI is InChI=1S/C37H51NO8/c1-23-33(41)30(39)19-32(45-23)46-26-8-14-35(22-38-17-12-24-6-4-3-5-7-24)28-9-13-34(2)27(25-18-31(40)44-21-25)11-16-37(34,43)29(28)10-15-36(35,42)20-26/h3-7,18,22-23,26-30,32-33,39,41-43H,8-17,19-21H2,1-2H3/t23-,26+,27+,28-,29+,30+,32+,33+,34-,35+,36-,37+/m1/s1. The average molecular weight is 638 g/mol. The summed E-state index contributed by atoms with van der Waals surface area (Å²) in [6, 6.07) is 10.3. The molecule has 9 nitrogen and oxygen atoms in total. The molecule has 2 aliphatic heterocycles. The first-order valence-corrected chi connectivity index (χ1v) is 17.5. The van der Waals surface area contributed by atoms with E-state index in [4.69, 9.17) is 19.2 Å². The quantitative estimate of drug-likeness (QED) is 0.201. The lowest BCUT2D eigenvalue weighted by atomic mass is 9.41. The van der Waals surface area contributed by atoms with Crippen molar-refractivity contribution >= 4 is 12.2 Å². The number of ether oxygens (including phenoxy) is 3. The van der Waals surface area contributed by atoms with Crippen molar-refractivity contribution < 1.29 is 39.4 Å². The molecule has 252 valence electrons. The highest BCUT2D eigenvalue weighted by Gasteiger charge is 2.71. The molecule has 46 heavy (non-hydrogen) atoms. The number of aliphatic hydroxyl groups is 4. The van der Waals surface area contributed by atoms with Gasteiger partial charge in [0, 0.05) is 42.5 Å². The number of carbonyl (C=O) groups is 1. The van der Waals surface area contributed by atoms with Gasteiger partial charge in [-0.3, -0.25) is 4.99 Å². The first-order chi connectivity index (χ1) is 22.0. The van der Waals surface area contributed by atoms with E-state index in [1.807, 2.05) is 18.2 Å². The number of nitrogens with zero attached hydrogens (tertiary/aromatic N) is 1. The molecular formula is C37H51NO8. The Balaban J connectivity index is 1.16. The van der Waals surface area contributed by atoms with Gasteiger partial charge in [-0.15, -0.1) is 0 Å². The molecule has 0 amide bonds. The fourth-order valence-corrected chi connectivity index (χ4v) is 10.9. The molecule has 1 aromatic carbocycles. The van der Waals surface area contributed by atoms with Gasteiger partial charge in [-0.25, -0.2) is 4.79 Å². The van der Waals surface area contributed by atoms with Gasteiger partial charge in [0.05, 0.1) is 29.5 Å². The summed E-state index contributed by atoms with van der Waals surface area (Å²) in [4.78, 5) is 17.0. The smallest absolute Gasteiger partial charge is 0.331 e. The minimum Gasteiger partial charge on any atom is -0.458 e. The van der Waals surface area contributed by atoms with Crippen LogP contribution in [0.25, 0.3) is 0 Å². The Morgan fingerprint density at radius 2 is 1.80 bits per heavy atom. The first kappa shape index (κ1) is 32.4. The van der Waals surface area contributed by atoms with Gasteiger partial charge in [0.15, 0.2) is 6.29 Å². The summed E-state index contributed by atoms with van der Waals surface area (Å²) in [5.74, 6) is -0.110. The maximum Gasteiger partial charge on any atom is 0.331 e. The van der Waals surface area contributed by atoms with E-state index in [2.05, 4.69) is 25.3 Å². The van der Waals surface area contributed by atoms with E-state index < -0.39 is 41.2 Å². The summed E-state index contributed by atoms with van der Waals surface area (Å²) in [5, 5.41) is 46.0. The zero-order valence-corrected chi connectivity index (χ0v) is 27.2. The number of aliphatic imine (C=N–C) groups is 1. The third-order valence-corrected chi connectivity index (χ3v) is 13.3. The Kier molecular flexibility index (Phi) is 8.51. The predicted octanol–water partition coefficient (Wildman–Crippen LogP) is 3.89. The lowest BCUT2D eigenvalue weighted by molar-refractivity contribution is -0.282. The van der Waals surface area contributed by atoms with Crippen molar-refractivity contribution in [3.8, 4) is 0 Å². The zero-order chi connectivity index (χ0) is 32.3. The fraction of sp³-hybridized carbons (Fsp3) is 0.730. The highest BCUT2D eigenvalue weighted by molar-refractivity contribution is 5.85. The first-order valence-electron chi connectivity index (χ1n) is 17.5. The number of hydrogen-bond donors (Lipinski definition) is 4. The molecule has 1 saturated heterocycles. The molecule has 12 atom stereocenters. The molecule has 4 saturated carbocycles. The zero-order valence-electron chi connectivity index (χ0n) is 27.2. The van der Waals surface area contributed by atoms with Crippen LogP contribution in [-0.4, -0.2) is 87.7 Å². The van der Waals surface area contributed by atoms with E-state index in [1.54, 1.807) is 13.0 Å². The van der Waals surface area contributed by atoms with Crippen molar-refractivity contribution in [1.29, 1.82) is 0 Å². The summed E-state index contributed by atoms with van der Waals surface area (Å²) in [6.45, 7) is 4.90. The number of fused-ring (bicyclic) bond motifs is 5. The van der Waals surface area contributed by atoms with Gasteiger partial charge in [0.1, 0.15) is 12.7 Å². The van der Waals surface area contributed by atoms with Gasteiger partial charge >= 0.3 is 5.97 Å². The minimum atomic E-state index is -1.07. The minimum absolute atomic E-state index is 0.00681. The summed E-state index contributed by atoms with van der Waals surface area (Å²) < 4.78 is 17.6. The van der Waals surface area contributed by atoms with Crippen molar-refractivity contribution in [1.82, 2.24) is 0 Å². The molecule has 2 heterocycles. The fourth-order valence-electron chi connectivity index (χ4n) is 10.9. The number of carbonyl (C=O) groups excluding carboxylic acids is 1. The van der Waals surface area contributed by atoms with Crippen LogP contribution in [0.5, 0.6) is 0 Å². The normalized spacial score (nSPS) is 47.2. The van der Waals surface area contributed by atoms with Gasteiger partial charge in [-0.05, 0) is 93.6 Å². The van der Waals surface area contributed by atoms with Crippen LogP contribution >= 0.6 is 0 Å². The molecule has 0 bridgehead atoms. The number of esters is 1. The van der Waals surface area contributed by atoms with Gasteiger partial charge in [-0.2, -0.15) is 0 Å². The Bertz CT molecular complexity index is 1340. The van der Waals surface area contributed by atoms with E-state index in [-0.39, 0.29) is 41.7 Å². The molecule has 0 spiro atoms. The molecule has 0 aromatic heterocycles. The molecule has 0 unspecified atom stereocenters. The summed E-state index contributed by atoms with van der Waals surface area (Å²) >= 11 is 0. The van der Waals surface area contributed by atoms with E-state index in [9.17, 15) is 25.2 Å². The summed E-state index contributed by atoms with van der Waals surface area (Å²) in [7, 11) is 0. The molecule has 4 N–H and O–H groups in total. The van der Waals surface area contributed by atoms with Crippen LogP contribution in [-0.2, 0) is 25.4 Å². The maximum atomic E-state index is 12.7. The van der Waals surface area contributed by atoms with Crippen molar-refractivity contribution in [2.24, 2.45) is 33.6 Å². The molecule has 7 rings (SSSR count). The van der Waals surface area contributed by atoms with Crippen LogP contribution in [0.1, 0.15) is 83.6 Å². The Hall–Kier alpha value is -2.14. The van der Waals surface area contributed by atoms with Crippen molar-refractivity contribution in [3.63, 3.8) is 0 Å². The van der Waals surface area contributed by atoms with E-state index in [0.717, 1.165) is 31.3 Å². The maximum absolute atomic E-state index is 12.7. The number of cyclic esters (lactones) is 1. The average Bonchev–Trinajstić information content (AvgIpc) is 3.58. The third-order valence-electron chi connectivity index (χ3n) is 13.3. The monoisotopic (exact) mass is 637 g/mol. The molecular weight excluding hydrogens is 586 g/mol. The van der Waals surface area contributed by atoms with Gasteiger partial charge in [-0.1, -0.05) is 37.3 Å². The number of hydrogen-bond acceptors (Lipinski definition) is 9. The predicted molar refractivity (Wildman–Crippen MR) is 171 cm³/mol.